The van der Waals surface area contributed by atoms with Crippen LogP contribution in [0.3, 0.4) is 0 Å². The second-order valence-electron chi connectivity index (χ2n) is 3.58. The van der Waals surface area contributed by atoms with E-state index in [2.05, 4.69) is 10.3 Å². The molecule has 1 aromatic heterocycles. The van der Waals surface area contributed by atoms with Crippen LogP contribution in [0.15, 0.2) is 36.4 Å². The smallest absolute Gasteiger partial charge is 0.161 e. The lowest BCUT2D eigenvalue weighted by Gasteiger charge is -2.07. The van der Waals surface area contributed by atoms with E-state index in [1.54, 1.807) is 12.1 Å². The highest BCUT2D eigenvalue weighted by Gasteiger charge is 2.03. The zero-order valence-electron chi connectivity index (χ0n) is 9.32. The van der Waals surface area contributed by atoms with Crippen LogP contribution in [0, 0.1) is 11.3 Å². The fraction of sp³-hybridized carbons (Fsp3) is 0.0769. The molecular formula is C13H9Cl2N3. The Hall–Kier alpha value is -1.76. The number of hydrogen-bond acceptors (Lipinski definition) is 3. The third kappa shape index (κ3) is 2.92. The first-order valence-electron chi connectivity index (χ1n) is 5.24. The van der Waals surface area contributed by atoms with Crippen molar-refractivity contribution in [1.82, 2.24) is 4.98 Å². The Morgan fingerprint density at radius 3 is 2.61 bits per heavy atom. The van der Waals surface area contributed by atoms with E-state index in [0.29, 0.717) is 22.4 Å². The highest BCUT2D eigenvalue weighted by Crippen LogP contribution is 2.18. The molecule has 0 aliphatic rings. The summed E-state index contributed by atoms with van der Waals surface area (Å²) in [5, 5.41) is 13.0. The van der Waals surface area contributed by atoms with Crippen LogP contribution in [-0.4, -0.2) is 4.98 Å². The topological polar surface area (TPSA) is 48.7 Å². The molecule has 18 heavy (non-hydrogen) atoms. The Balaban J connectivity index is 2.12. The minimum Gasteiger partial charge on any atom is -0.366 e. The lowest BCUT2D eigenvalue weighted by atomic mass is 10.2. The minimum atomic E-state index is 0.209. The zero-order chi connectivity index (χ0) is 13.0. The van der Waals surface area contributed by atoms with Crippen molar-refractivity contribution < 1.29 is 0 Å². The minimum absolute atomic E-state index is 0.209. The van der Waals surface area contributed by atoms with Crippen molar-refractivity contribution in [3.63, 3.8) is 0 Å². The summed E-state index contributed by atoms with van der Waals surface area (Å²) in [4.78, 5) is 4.09. The van der Waals surface area contributed by atoms with Gasteiger partial charge in [0, 0.05) is 11.6 Å². The summed E-state index contributed by atoms with van der Waals surface area (Å²) in [7, 11) is 0. The van der Waals surface area contributed by atoms with E-state index in [0.717, 1.165) is 5.56 Å². The first-order chi connectivity index (χ1) is 8.70. The second-order valence-corrected chi connectivity index (χ2v) is 4.40. The summed E-state index contributed by atoms with van der Waals surface area (Å²) in [5.74, 6) is 0.593. The standard InChI is InChI=1S/C13H9Cl2N3/c14-10-4-2-1-3-9(10)8-17-13-6-5-11(15)12(7-16)18-13/h1-6H,8H2,(H,17,18). The predicted molar refractivity (Wildman–Crippen MR) is 72.7 cm³/mol. The van der Waals surface area contributed by atoms with Gasteiger partial charge in [-0.2, -0.15) is 5.26 Å². The van der Waals surface area contributed by atoms with Crippen molar-refractivity contribution in [2.24, 2.45) is 0 Å². The van der Waals surface area contributed by atoms with Gasteiger partial charge in [-0.1, -0.05) is 41.4 Å². The molecule has 0 bridgehead atoms. The van der Waals surface area contributed by atoms with Gasteiger partial charge in [0.25, 0.3) is 0 Å². The van der Waals surface area contributed by atoms with Crippen LogP contribution < -0.4 is 5.32 Å². The second kappa shape index (κ2) is 5.72. The average molecular weight is 278 g/mol. The summed E-state index contributed by atoms with van der Waals surface area (Å²) in [6.45, 7) is 0.541. The Morgan fingerprint density at radius 1 is 1.11 bits per heavy atom. The van der Waals surface area contributed by atoms with Crippen LogP contribution in [0.5, 0.6) is 0 Å². The van der Waals surface area contributed by atoms with Gasteiger partial charge in [-0.25, -0.2) is 4.98 Å². The van der Waals surface area contributed by atoms with Crippen LogP contribution in [0.1, 0.15) is 11.3 Å². The van der Waals surface area contributed by atoms with E-state index in [1.807, 2.05) is 30.3 Å². The Kier molecular flexibility index (Phi) is 4.03. The molecule has 1 N–H and O–H groups in total. The van der Waals surface area contributed by atoms with E-state index in [-0.39, 0.29) is 5.69 Å². The highest BCUT2D eigenvalue weighted by atomic mass is 35.5. The molecule has 0 aliphatic heterocycles. The molecule has 0 fully saturated rings. The zero-order valence-corrected chi connectivity index (χ0v) is 10.8. The Bertz CT molecular complexity index is 605. The molecule has 0 radical (unpaired) electrons. The van der Waals surface area contributed by atoms with E-state index in [4.69, 9.17) is 28.5 Å². The van der Waals surface area contributed by atoms with Crippen molar-refractivity contribution in [2.75, 3.05) is 5.32 Å². The van der Waals surface area contributed by atoms with Gasteiger partial charge in [-0.05, 0) is 23.8 Å². The van der Waals surface area contributed by atoms with Crippen molar-refractivity contribution >= 4 is 29.0 Å². The van der Waals surface area contributed by atoms with Gasteiger partial charge in [0.15, 0.2) is 5.69 Å². The number of nitrogens with zero attached hydrogens (tertiary/aromatic N) is 2. The molecule has 1 heterocycles. The predicted octanol–water partition coefficient (Wildman–Crippen LogP) is 3.87. The normalized spacial score (nSPS) is 9.83. The molecule has 0 aliphatic carbocycles. The van der Waals surface area contributed by atoms with E-state index in [9.17, 15) is 0 Å². The van der Waals surface area contributed by atoms with Gasteiger partial charge in [0.2, 0.25) is 0 Å². The molecule has 0 unspecified atom stereocenters. The number of rotatable bonds is 3. The molecule has 1 aromatic carbocycles. The van der Waals surface area contributed by atoms with E-state index in [1.165, 1.54) is 0 Å². The summed E-state index contributed by atoms with van der Waals surface area (Å²) < 4.78 is 0. The molecule has 0 saturated carbocycles. The van der Waals surface area contributed by atoms with E-state index < -0.39 is 0 Å². The molecule has 0 spiro atoms. The van der Waals surface area contributed by atoms with Gasteiger partial charge in [-0.3, -0.25) is 0 Å². The molecule has 0 amide bonds. The van der Waals surface area contributed by atoms with Gasteiger partial charge in [-0.15, -0.1) is 0 Å². The maximum atomic E-state index is 8.83. The number of hydrogen-bond donors (Lipinski definition) is 1. The monoisotopic (exact) mass is 277 g/mol. The fourth-order valence-corrected chi connectivity index (χ4v) is 1.80. The van der Waals surface area contributed by atoms with Crippen LogP contribution in [-0.2, 0) is 6.54 Å². The lowest BCUT2D eigenvalue weighted by molar-refractivity contribution is 1.10. The first kappa shape index (κ1) is 12.7. The molecule has 2 aromatic rings. The molecule has 3 nitrogen and oxygen atoms in total. The summed E-state index contributed by atoms with van der Waals surface area (Å²) in [6.07, 6.45) is 0. The van der Waals surface area contributed by atoms with Gasteiger partial charge >= 0.3 is 0 Å². The maximum Gasteiger partial charge on any atom is 0.161 e. The van der Waals surface area contributed by atoms with Crippen LogP contribution in [0.2, 0.25) is 10.0 Å². The Morgan fingerprint density at radius 2 is 1.89 bits per heavy atom. The van der Waals surface area contributed by atoms with Crippen LogP contribution in [0.4, 0.5) is 5.82 Å². The number of nitrogens with one attached hydrogen (secondary N) is 1. The number of nitriles is 1. The third-order valence-electron chi connectivity index (χ3n) is 2.37. The van der Waals surface area contributed by atoms with Crippen molar-refractivity contribution in [1.29, 1.82) is 5.26 Å². The highest BCUT2D eigenvalue weighted by molar-refractivity contribution is 6.31. The summed E-state index contributed by atoms with van der Waals surface area (Å²) in [6, 6.07) is 12.8. The van der Waals surface area contributed by atoms with Crippen LogP contribution >= 0.6 is 23.2 Å². The number of halogens is 2. The first-order valence-corrected chi connectivity index (χ1v) is 6.00. The number of anilines is 1. The van der Waals surface area contributed by atoms with Gasteiger partial charge < -0.3 is 5.32 Å². The average Bonchev–Trinajstić information content (AvgIpc) is 2.39. The molecule has 90 valence electrons. The van der Waals surface area contributed by atoms with Gasteiger partial charge in [0.1, 0.15) is 11.9 Å². The largest absolute Gasteiger partial charge is 0.366 e. The lowest BCUT2D eigenvalue weighted by Crippen LogP contribution is -2.02. The Labute approximate surface area is 115 Å². The molecule has 2 rings (SSSR count). The van der Waals surface area contributed by atoms with Gasteiger partial charge in [0.05, 0.1) is 5.02 Å². The number of pyridine rings is 1. The quantitative estimate of drug-likeness (QED) is 0.927. The molecule has 0 atom stereocenters. The molecule has 0 saturated heterocycles. The fourth-order valence-electron chi connectivity index (χ4n) is 1.45. The van der Waals surface area contributed by atoms with Crippen LogP contribution in [0.25, 0.3) is 0 Å². The molecule has 5 heteroatoms. The van der Waals surface area contributed by atoms with E-state index >= 15 is 0 Å². The third-order valence-corrected chi connectivity index (χ3v) is 3.04. The van der Waals surface area contributed by atoms with Crippen molar-refractivity contribution in [3.8, 4) is 6.07 Å². The SMILES string of the molecule is N#Cc1nc(NCc2ccccc2Cl)ccc1Cl. The summed E-state index contributed by atoms with van der Waals surface area (Å²) >= 11 is 11.8. The summed E-state index contributed by atoms with van der Waals surface area (Å²) in [5.41, 5.74) is 1.18. The van der Waals surface area contributed by atoms with Crippen molar-refractivity contribution in [3.05, 3.63) is 57.7 Å². The van der Waals surface area contributed by atoms with Crippen molar-refractivity contribution in [2.45, 2.75) is 6.54 Å². The number of benzene rings is 1. The maximum absolute atomic E-state index is 8.83. The molecular weight excluding hydrogens is 269 g/mol. The number of aromatic nitrogens is 1.